The predicted octanol–water partition coefficient (Wildman–Crippen LogP) is 2.55. The van der Waals surface area contributed by atoms with Crippen LogP contribution in [0.3, 0.4) is 0 Å². The predicted molar refractivity (Wildman–Crippen MR) is 93.2 cm³/mol. The Morgan fingerprint density at radius 2 is 2.04 bits per heavy atom. The molecule has 28 heavy (non-hydrogen) atoms. The molecular formula is C18H14F2N6O2. The minimum atomic E-state index is -1.08. The number of rotatable bonds is 5. The Kier molecular flexibility index (Phi) is 4.52. The van der Waals surface area contributed by atoms with Gasteiger partial charge in [0, 0.05) is 23.7 Å². The minimum Gasteiger partial charge on any atom is -0.345 e. The van der Waals surface area contributed by atoms with Crippen molar-refractivity contribution in [3.63, 3.8) is 0 Å². The molecule has 4 aromatic rings. The molecule has 0 saturated heterocycles. The first kappa shape index (κ1) is 17.7. The number of hydrogen-bond donors (Lipinski definition) is 1. The molecule has 0 aliphatic rings. The standard InChI is InChI=1S/C18H14F2N6O2/c1-2-14-22-18(28-25-14)11-5-6-26-15(8-11)23-24-16(26)9-21-17(27)10-3-4-12(19)13(20)7-10/h3-8H,2,9H2,1H3,(H,21,27). The molecule has 0 saturated carbocycles. The lowest BCUT2D eigenvalue weighted by Gasteiger charge is -2.05. The zero-order chi connectivity index (χ0) is 19.7. The molecule has 3 heterocycles. The molecule has 0 fully saturated rings. The highest BCUT2D eigenvalue weighted by Gasteiger charge is 2.13. The number of fused-ring (bicyclic) bond motifs is 1. The SMILES string of the molecule is CCc1noc(-c2ccn3c(CNC(=O)c4ccc(F)c(F)c4)nnc3c2)n1. The van der Waals surface area contributed by atoms with Crippen LogP contribution in [0.2, 0.25) is 0 Å². The van der Waals surface area contributed by atoms with Crippen molar-refractivity contribution in [1.82, 2.24) is 30.1 Å². The van der Waals surface area contributed by atoms with E-state index in [4.69, 9.17) is 4.52 Å². The van der Waals surface area contributed by atoms with Crippen LogP contribution in [-0.4, -0.2) is 30.6 Å². The first-order valence-corrected chi connectivity index (χ1v) is 8.45. The molecule has 0 atom stereocenters. The Morgan fingerprint density at radius 3 is 2.79 bits per heavy atom. The van der Waals surface area contributed by atoms with Crippen LogP contribution in [0.15, 0.2) is 41.1 Å². The van der Waals surface area contributed by atoms with Crippen LogP contribution >= 0.6 is 0 Å². The van der Waals surface area contributed by atoms with Gasteiger partial charge in [0.2, 0.25) is 0 Å². The van der Waals surface area contributed by atoms with Gasteiger partial charge in [-0.3, -0.25) is 9.20 Å². The van der Waals surface area contributed by atoms with Gasteiger partial charge in [-0.1, -0.05) is 12.1 Å². The first-order valence-electron chi connectivity index (χ1n) is 8.45. The molecule has 0 spiro atoms. The fraction of sp³-hybridized carbons (Fsp3) is 0.167. The number of nitrogens with one attached hydrogen (secondary N) is 1. The summed E-state index contributed by atoms with van der Waals surface area (Å²) in [5.41, 5.74) is 1.24. The third-order valence-electron chi connectivity index (χ3n) is 4.10. The van der Waals surface area contributed by atoms with Crippen molar-refractivity contribution < 1.29 is 18.1 Å². The summed E-state index contributed by atoms with van der Waals surface area (Å²) in [5, 5.41) is 14.6. The second kappa shape index (κ2) is 7.14. The molecule has 4 rings (SSSR count). The highest BCUT2D eigenvalue weighted by molar-refractivity contribution is 5.94. The first-order chi connectivity index (χ1) is 13.5. The van der Waals surface area contributed by atoms with Gasteiger partial charge >= 0.3 is 0 Å². The van der Waals surface area contributed by atoms with Crippen molar-refractivity contribution in [3.8, 4) is 11.5 Å². The number of aromatic nitrogens is 5. The van der Waals surface area contributed by atoms with Crippen molar-refractivity contribution >= 4 is 11.6 Å². The Balaban J connectivity index is 1.51. The highest BCUT2D eigenvalue weighted by atomic mass is 19.2. The summed E-state index contributed by atoms with van der Waals surface area (Å²) < 4.78 is 33.1. The molecule has 0 radical (unpaired) electrons. The number of aryl methyl sites for hydroxylation is 1. The number of benzene rings is 1. The van der Waals surface area contributed by atoms with Crippen LogP contribution < -0.4 is 5.32 Å². The van der Waals surface area contributed by atoms with Gasteiger partial charge in [0.25, 0.3) is 11.8 Å². The van der Waals surface area contributed by atoms with Crippen molar-refractivity contribution in [2.24, 2.45) is 0 Å². The van der Waals surface area contributed by atoms with Crippen molar-refractivity contribution in [2.75, 3.05) is 0 Å². The van der Waals surface area contributed by atoms with Gasteiger partial charge in [-0.15, -0.1) is 10.2 Å². The largest absolute Gasteiger partial charge is 0.345 e. The highest BCUT2D eigenvalue weighted by Crippen LogP contribution is 2.19. The van der Waals surface area contributed by atoms with E-state index in [-0.39, 0.29) is 12.1 Å². The quantitative estimate of drug-likeness (QED) is 0.568. The second-order valence-electron chi connectivity index (χ2n) is 5.94. The molecule has 0 unspecified atom stereocenters. The lowest BCUT2D eigenvalue weighted by atomic mass is 10.2. The average Bonchev–Trinajstić information content (AvgIpc) is 3.34. The van der Waals surface area contributed by atoms with Gasteiger partial charge in [0.15, 0.2) is 28.9 Å². The maximum Gasteiger partial charge on any atom is 0.258 e. The summed E-state index contributed by atoms with van der Waals surface area (Å²) in [6.07, 6.45) is 2.39. The summed E-state index contributed by atoms with van der Waals surface area (Å²) in [4.78, 5) is 16.4. The van der Waals surface area contributed by atoms with Crippen LogP contribution in [0, 0.1) is 11.6 Å². The molecule has 3 aromatic heterocycles. The van der Waals surface area contributed by atoms with Gasteiger partial charge in [-0.25, -0.2) is 8.78 Å². The van der Waals surface area contributed by atoms with Gasteiger partial charge in [-0.2, -0.15) is 4.98 Å². The lowest BCUT2D eigenvalue weighted by molar-refractivity contribution is 0.0949. The molecule has 0 aliphatic heterocycles. The number of nitrogens with zero attached hydrogens (tertiary/aromatic N) is 5. The Bertz CT molecular complexity index is 1170. The molecule has 0 aliphatic carbocycles. The monoisotopic (exact) mass is 384 g/mol. The van der Waals surface area contributed by atoms with E-state index in [9.17, 15) is 13.6 Å². The van der Waals surface area contributed by atoms with Crippen LogP contribution in [0.4, 0.5) is 8.78 Å². The topological polar surface area (TPSA) is 98.2 Å². The maximum absolute atomic E-state index is 13.3. The molecule has 10 heteroatoms. The second-order valence-corrected chi connectivity index (χ2v) is 5.94. The van der Waals surface area contributed by atoms with Crippen LogP contribution in [0.1, 0.15) is 28.9 Å². The number of carbonyl (C=O) groups excluding carboxylic acids is 1. The van der Waals surface area contributed by atoms with Gasteiger partial charge in [-0.05, 0) is 30.3 Å². The molecule has 1 aromatic carbocycles. The zero-order valence-electron chi connectivity index (χ0n) is 14.7. The Labute approximate surface area is 157 Å². The van der Waals surface area contributed by atoms with Crippen LogP contribution in [0.25, 0.3) is 17.1 Å². The van der Waals surface area contributed by atoms with Crippen molar-refractivity contribution in [3.05, 3.63) is 65.4 Å². The zero-order valence-corrected chi connectivity index (χ0v) is 14.7. The van der Waals surface area contributed by atoms with Gasteiger partial charge < -0.3 is 9.84 Å². The third-order valence-corrected chi connectivity index (χ3v) is 4.10. The number of hydrogen-bond acceptors (Lipinski definition) is 6. The van der Waals surface area contributed by atoms with Gasteiger partial charge in [0.1, 0.15) is 0 Å². The lowest BCUT2D eigenvalue weighted by Crippen LogP contribution is -2.24. The summed E-state index contributed by atoms with van der Waals surface area (Å²) in [5.74, 6) is -1.18. The molecule has 0 bridgehead atoms. The summed E-state index contributed by atoms with van der Waals surface area (Å²) in [6.45, 7) is 1.98. The molecule has 142 valence electrons. The number of pyridine rings is 1. The Hall–Kier alpha value is -3.69. The molecular weight excluding hydrogens is 370 g/mol. The maximum atomic E-state index is 13.3. The minimum absolute atomic E-state index is 0.0122. The number of carbonyl (C=O) groups is 1. The van der Waals surface area contributed by atoms with E-state index in [1.54, 1.807) is 22.7 Å². The van der Waals surface area contributed by atoms with E-state index in [1.165, 1.54) is 6.07 Å². The van der Waals surface area contributed by atoms with E-state index in [1.807, 2.05) is 6.92 Å². The number of halogens is 2. The fourth-order valence-electron chi connectivity index (χ4n) is 2.61. The van der Waals surface area contributed by atoms with E-state index >= 15 is 0 Å². The normalized spacial score (nSPS) is 11.1. The fourth-order valence-corrected chi connectivity index (χ4v) is 2.61. The van der Waals surface area contributed by atoms with Crippen molar-refractivity contribution in [2.45, 2.75) is 19.9 Å². The van der Waals surface area contributed by atoms with E-state index < -0.39 is 17.5 Å². The summed E-state index contributed by atoms with van der Waals surface area (Å²) in [6, 6.07) is 6.45. The number of amides is 1. The van der Waals surface area contributed by atoms with Crippen molar-refractivity contribution in [1.29, 1.82) is 0 Å². The summed E-state index contributed by atoms with van der Waals surface area (Å²) in [7, 11) is 0. The van der Waals surface area contributed by atoms with E-state index in [0.29, 0.717) is 35.2 Å². The van der Waals surface area contributed by atoms with E-state index in [2.05, 4.69) is 25.7 Å². The molecule has 8 nitrogen and oxygen atoms in total. The van der Waals surface area contributed by atoms with Crippen LogP contribution in [-0.2, 0) is 13.0 Å². The molecule has 1 N–H and O–H groups in total. The van der Waals surface area contributed by atoms with E-state index in [0.717, 1.165) is 12.1 Å². The van der Waals surface area contributed by atoms with Crippen LogP contribution in [0.5, 0.6) is 0 Å². The third kappa shape index (κ3) is 3.31. The smallest absolute Gasteiger partial charge is 0.258 e. The Morgan fingerprint density at radius 1 is 1.18 bits per heavy atom. The average molecular weight is 384 g/mol. The summed E-state index contributed by atoms with van der Waals surface area (Å²) >= 11 is 0. The molecule has 1 amide bonds. The van der Waals surface area contributed by atoms with Gasteiger partial charge in [0.05, 0.1) is 6.54 Å².